The Morgan fingerprint density at radius 3 is 2.60 bits per heavy atom. The van der Waals surface area contributed by atoms with Crippen LogP contribution in [0.4, 0.5) is 0 Å². The number of rotatable bonds is 8. The Morgan fingerprint density at radius 2 is 2.05 bits per heavy atom. The number of sulfone groups is 1. The third kappa shape index (κ3) is 5.68. The molecule has 0 unspecified atom stereocenters. The van der Waals surface area contributed by atoms with Crippen LogP contribution in [0.3, 0.4) is 0 Å². The van der Waals surface area contributed by atoms with Crippen molar-refractivity contribution in [2.45, 2.75) is 13.0 Å². The zero-order chi connectivity index (χ0) is 15.2. The lowest BCUT2D eigenvalue weighted by Gasteiger charge is -2.14. The summed E-state index contributed by atoms with van der Waals surface area (Å²) < 4.78 is 33.8. The first kappa shape index (κ1) is 17.3. The molecule has 7 heteroatoms. The molecule has 0 aliphatic carbocycles. The van der Waals surface area contributed by atoms with Gasteiger partial charge in [-0.2, -0.15) is 0 Å². The minimum Gasteiger partial charge on any atom is -0.493 e. The van der Waals surface area contributed by atoms with Crippen molar-refractivity contribution < 1.29 is 17.9 Å². The van der Waals surface area contributed by atoms with Gasteiger partial charge in [0, 0.05) is 12.8 Å². The number of methoxy groups -OCH3 is 1. The number of nitrogens with one attached hydrogen (secondary N) is 1. The van der Waals surface area contributed by atoms with E-state index in [-0.39, 0.29) is 5.75 Å². The van der Waals surface area contributed by atoms with E-state index in [4.69, 9.17) is 9.47 Å². The quantitative estimate of drug-likeness (QED) is 0.713. The molecule has 0 atom stereocenters. The van der Waals surface area contributed by atoms with Gasteiger partial charge in [0.2, 0.25) is 0 Å². The Kier molecular flexibility index (Phi) is 6.78. The first-order valence-corrected chi connectivity index (χ1v) is 9.04. The predicted molar refractivity (Wildman–Crippen MR) is 83.3 cm³/mol. The Morgan fingerprint density at radius 1 is 1.35 bits per heavy atom. The van der Waals surface area contributed by atoms with Gasteiger partial charge in [0.1, 0.15) is 9.84 Å². The van der Waals surface area contributed by atoms with Crippen LogP contribution in [0.5, 0.6) is 11.5 Å². The van der Waals surface area contributed by atoms with Crippen molar-refractivity contribution in [3.05, 3.63) is 22.2 Å². The van der Waals surface area contributed by atoms with Crippen molar-refractivity contribution in [1.82, 2.24) is 5.32 Å². The molecule has 20 heavy (non-hydrogen) atoms. The Balaban J connectivity index is 2.74. The van der Waals surface area contributed by atoms with E-state index in [2.05, 4.69) is 21.2 Å². The second-order valence-corrected chi connectivity index (χ2v) is 7.59. The molecule has 0 spiro atoms. The monoisotopic (exact) mass is 365 g/mol. The van der Waals surface area contributed by atoms with Crippen LogP contribution in [0.1, 0.15) is 12.0 Å². The molecule has 0 bridgehead atoms. The fraction of sp³-hybridized carbons (Fsp3) is 0.538. The average Bonchev–Trinajstić information content (AvgIpc) is 2.35. The van der Waals surface area contributed by atoms with Gasteiger partial charge in [-0.15, -0.1) is 0 Å². The van der Waals surface area contributed by atoms with Gasteiger partial charge >= 0.3 is 0 Å². The molecule has 0 radical (unpaired) electrons. The molecule has 1 N–H and O–H groups in total. The van der Waals surface area contributed by atoms with Gasteiger partial charge in [-0.3, -0.25) is 0 Å². The SMILES string of the molecule is CNCc1cc(Br)c(OCCCS(C)(=O)=O)c(OC)c1. The van der Waals surface area contributed by atoms with Gasteiger partial charge in [-0.1, -0.05) is 0 Å². The van der Waals surface area contributed by atoms with Crippen molar-refractivity contribution in [3.8, 4) is 11.5 Å². The summed E-state index contributed by atoms with van der Waals surface area (Å²) in [6.45, 7) is 1.05. The van der Waals surface area contributed by atoms with Gasteiger partial charge in [-0.05, 0) is 47.1 Å². The second kappa shape index (κ2) is 7.85. The minimum atomic E-state index is -2.95. The van der Waals surface area contributed by atoms with E-state index >= 15 is 0 Å². The number of hydrogen-bond donors (Lipinski definition) is 1. The lowest BCUT2D eigenvalue weighted by Crippen LogP contribution is -2.09. The zero-order valence-corrected chi connectivity index (χ0v) is 14.3. The molecule has 0 heterocycles. The summed E-state index contributed by atoms with van der Waals surface area (Å²) in [5, 5.41) is 3.07. The van der Waals surface area contributed by atoms with E-state index in [9.17, 15) is 8.42 Å². The summed E-state index contributed by atoms with van der Waals surface area (Å²) in [7, 11) is 0.499. The molecule has 0 aromatic heterocycles. The van der Waals surface area contributed by atoms with Crippen LogP contribution in [0.15, 0.2) is 16.6 Å². The molecule has 1 rings (SSSR count). The number of benzene rings is 1. The van der Waals surface area contributed by atoms with Crippen LogP contribution in [0, 0.1) is 0 Å². The molecule has 0 amide bonds. The third-order valence-corrected chi connectivity index (χ3v) is 4.20. The van der Waals surface area contributed by atoms with Gasteiger partial charge in [0.15, 0.2) is 11.5 Å². The standard InChI is InChI=1S/C13H20BrNO4S/c1-15-9-10-7-11(14)13(12(8-10)18-2)19-5-4-6-20(3,16)17/h7-8,15H,4-6,9H2,1-3H3. The van der Waals surface area contributed by atoms with Crippen molar-refractivity contribution in [3.63, 3.8) is 0 Å². The maximum absolute atomic E-state index is 11.1. The number of ether oxygens (including phenoxy) is 2. The smallest absolute Gasteiger partial charge is 0.175 e. The molecule has 0 aliphatic heterocycles. The molecule has 0 aliphatic rings. The Hall–Kier alpha value is -0.790. The molecule has 1 aromatic carbocycles. The fourth-order valence-electron chi connectivity index (χ4n) is 1.71. The molecule has 0 fully saturated rings. The van der Waals surface area contributed by atoms with Crippen LogP contribution in [0.2, 0.25) is 0 Å². The summed E-state index contributed by atoms with van der Waals surface area (Å²) in [4.78, 5) is 0. The topological polar surface area (TPSA) is 64.6 Å². The molecule has 0 saturated heterocycles. The van der Waals surface area contributed by atoms with Crippen LogP contribution in [-0.4, -0.2) is 41.2 Å². The van der Waals surface area contributed by atoms with Gasteiger partial charge in [0.25, 0.3) is 0 Å². The maximum Gasteiger partial charge on any atom is 0.175 e. The van der Waals surface area contributed by atoms with E-state index in [0.717, 1.165) is 16.6 Å². The fourth-order valence-corrected chi connectivity index (χ4v) is 2.96. The highest BCUT2D eigenvalue weighted by Gasteiger charge is 2.12. The summed E-state index contributed by atoms with van der Waals surface area (Å²) in [6.07, 6.45) is 1.67. The number of halogens is 1. The maximum atomic E-state index is 11.1. The first-order chi connectivity index (χ1) is 9.37. The molecular formula is C13H20BrNO4S. The Bertz CT molecular complexity index is 546. The third-order valence-electron chi connectivity index (χ3n) is 2.58. The van der Waals surface area contributed by atoms with E-state index in [0.29, 0.717) is 24.5 Å². The molecule has 1 aromatic rings. The van der Waals surface area contributed by atoms with Crippen molar-refractivity contribution in [1.29, 1.82) is 0 Å². The van der Waals surface area contributed by atoms with Crippen LogP contribution in [-0.2, 0) is 16.4 Å². The second-order valence-electron chi connectivity index (χ2n) is 4.47. The average molecular weight is 366 g/mol. The molecular weight excluding hydrogens is 346 g/mol. The van der Waals surface area contributed by atoms with Gasteiger partial charge < -0.3 is 14.8 Å². The first-order valence-electron chi connectivity index (χ1n) is 6.19. The van der Waals surface area contributed by atoms with Crippen molar-refractivity contribution in [2.24, 2.45) is 0 Å². The molecule has 0 saturated carbocycles. The normalized spacial score (nSPS) is 11.4. The van der Waals surface area contributed by atoms with Crippen molar-refractivity contribution in [2.75, 3.05) is 32.8 Å². The van der Waals surface area contributed by atoms with E-state index < -0.39 is 9.84 Å². The predicted octanol–water partition coefficient (Wildman–Crippen LogP) is 1.99. The van der Waals surface area contributed by atoms with E-state index in [1.807, 2.05) is 19.2 Å². The molecule has 5 nitrogen and oxygen atoms in total. The molecule has 114 valence electrons. The highest BCUT2D eigenvalue weighted by molar-refractivity contribution is 9.10. The van der Waals surface area contributed by atoms with Crippen LogP contribution in [0.25, 0.3) is 0 Å². The highest BCUT2D eigenvalue weighted by Crippen LogP contribution is 2.36. The van der Waals surface area contributed by atoms with Crippen LogP contribution >= 0.6 is 15.9 Å². The minimum absolute atomic E-state index is 0.116. The zero-order valence-electron chi connectivity index (χ0n) is 11.9. The highest BCUT2D eigenvalue weighted by atomic mass is 79.9. The van der Waals surface area contributed by atoms with Crippen LogP contribution < -0.4 is 14.8 Å². The van der Waals surface area contributed by atoms with Gasteiger partial charge in [0.05, 0.1) is 23.9 Å². The largest absolute Gasteiger partial charge is 0.493 e. The summed E-state index contributed by atoms with van der Waals surface area (Å²) in [6, 6.07) is 3.85. The lowest BCUT2D eigenvalue weighted by atomic mass is 10.2. The summed E-state index contributed by atoms with van der Waals surface area (Å²) in [5.74, 6) is 1.34. The lowest BCUT2D eigenvalue weighted by molar-refractivity contribution is 0.292. The number of hydrogen-bond acceptors (Lipinski definition) is 5. The summed E-state index contributed by atoms with van der Waals surface area (Å²) >= 11 is 3.45. The van der Waals surface area contributed by atoms with E-state index in [1.54, 1.807) is 7.11 Å². The van der Waals surface area contributed by atoms with Crippen molar-refractivity contribution >= 4 is 25.8 Å². The van der Waals surface area contributed by atoms with E-state index in [1.165, 1.54) is 6.26 Å². The Labute approximate surface area is 128 Å². The van der Waals surface area contributed by atoms with Gasteiger partial charge in [-0.25, -0.2) is 8.42 Å². The summed E-state index contributed by atoms with van der Waals surface area (Å²) in [5.41, 5.74) is 1.07.